The van der Waals surface area contributed by atoms with Gasteiger partial charge in [-0.1, -0.05) is 30.1 Å². The van der Waals surface area contributed by atoms with Crippen molar-refractivity contribution in [2.45, 2.75) is 25.8 Å². The Hall–Kier alpha value is -0.480. The lowest BCUT2D eigenvalue weighted by molar-refractivity contribution is 0.0692. The third-order valence-electron chi connectivity index (χ3n) is 3.37. The topological polar surface area (TPSA) is 32.3 Å². The molecule has 1 heterocycles. The van der Waals surface area contributed by atoms with Crippen LogP contribution in [0, 0.1) is 0 Å². The molecule has 2 rings (SSSR count). The van der Waals surface area contributed by atoms with E-state index in [0.717, 1.165) is 32.5 Å². The van der Waals surface area contributed by atoms with E-state index >= 15 is 0 Å². The summed E-state index contributed by atoms with van der Waals surface area (Å²) in [7, 11) is 0. The Labute approximate surface area is 136 Å². The van der Waals surface area contributed by atoms with E-state index in [9.17, 15) is 4.79 Å². The zero-order valence-electron chi connectivity index (χ0n) is 11.4. The molecule has 0 radical (unpaired) electrons. The molecule has 1 atom stereocenters. The number of hydrogen-bond acceptors (Lipinski definition) is 2. The number of rotatable bonds is 4. The minimum absolute atomic E-state index is 0. The van der Waals surface area contributed by atoms with Crippen LogP contribution in [0.2, 0.25) is 10.0 Å². The Morgan fingerprint density at radius 3 is 2.70 bits per heavy atom. The van der Waals surface area contributed by atoms with Crippen LogP contribution in [0.1, 0.15) is 30.1 Å². The highest BCUT2D eigenvalue weighted by Gasteiger charge is 2.26. The molecule has 3 nitrogen and oxygen atoms in total. The summed E-state index contributed by atoms with van der Waals surface area (Å²) in [6.07, 6.45) is 1.95. The zero-order valence-corrected chi connectivity index (χ0v) is 13.7. The van der Waals surface area contributed by atoms with Crippen LogP contribution in [-0.4, -0.2) is 36.5 Å². The number of nitrogens with zero attached hydrogens (tertiary/aromatic N) is 1. The van der Waals surface area contributed by atoms with Crippen molar-refractivity contribution in [1.29, 1.82) is 0 Å². The van der Waals surface area contributed by atoms with Crippen LogP contribution in [0.5, 0.6) is 0 Å². The molecule has 1 N–H and O–H groups in total. The van der Waals surface area contributed by atoms with Gasteiger partial charge in [0.25, 0.3) is 5.91 Å². The second-order valence-electron chi connectivity index (χ2n) is 4.77. The maximum absolute atomic E-state index is 12.6. The van der Waals surface area contributed by atoms with E-state index in [1.165, 1.54) is 0 Å². The molecule has 0 aromatic heterocycles. The summed E-state index contributed by atoms with van der Waals surface area (Å²) in [6.45, 7) is 4.69. The maximum atomic E-state index is 12.6. The van der Waals surface area contributed by atoms with Gasteiger partial charge in [0, 0.05) is 24.7 Å². The molecule has 0 saturated carbocycles. The minimum Gasteiger partial charge on any atom is -0.334 e. The standard InChI is InChI=1S/C14H18Cl2N2O.ClH/c1-2-7-18(11-5-6-17-9-11)14(19)10-3-4-12(15)13(16)8-10;/h3-4,8,11,17H,2,5-7,9H2,1H3;1H. The molecule has 112 valence electrons. The van der Waals surface area contributed by atoms with Gasteiger partial charge in [0.2, 0.25) is 0 Å². The largest absolute Gasteiger partial charge is 0.334 e. The molecule has 1 aromatic carbocycles. The van der Waals surface area contributed by atoms with E-state index in [0.29, 0.717) is 15.6 Å². The van der Waals surface area contributed by atoms with Crippen molar-refractivity contribution >= 4 is 41.5 Å². The van der Waals surface area contributed by atoms with E-state index in [-0.39, 0.29) is 24.4 Å². The molecule has 1 aliphatic heterocycles. The first-order chi connectivity index (χ1) is 9.13. The van der Waals surface area contributed by atoms with Crippen LogP contribution in [-0.2, 0) is 0 Å². The van der Waals surface area contributed by atoms with Crippen molar-refractivity contribution in [2.24, 2.45) is 0 Å². The van der Waals surface area contributed by atoms with Crippen molar-refractivity contribution < 1.29 is 4.79 Å². The van der Waals surface area contributed by atoms with Crippen molar-refractivity contribution in [1.82, 2.24) is 10.2 Å². The molecule has 1 amide bonds. The summed E-state index contributed by atoms with van der Waals surface area (Å²) in [6, 6.07) is 5.34. The lowest BCUT2D eigenvalue weighted by atomic mass is 10.1. The fraction of sp³-hybridized carbons (Fsp3) is 0.500. The first-order valence-electron chi connectivity index (χ1n) is 6.60. The van der Waals surface area contributed by atoms with Crippen molar-refractivity contribution in [3.8, 4) is 0 Å². The smallest absolute Gasteiger partial charge is 0.254 e. The average molecular weight is 338 g/mol. The van der Waals surface area contributed by atoms with E-state index in [2.05, 4.69) is 12.2 Å². The number of carbonyl (C=O) groups excluding carboxylic acids is 1. The number of carbonyl (C=O) groups is 1. The second-order valence-corrected chi connectivity index (χ2v) is 5.59. The third-order valence-corrected chi connectivity index (χ3v) is 4.11. The molecule has 0 spiro atoms. The fourth-order valence-corrected chi connectivity index (χ4v) is 2.69. The summed E-state index contributed by atoms with van der Waals surface area (Å²) < 4.78 is 0. The van der Waals surface area contributed by atoms with E-state index in [1.807, 2.05) is 4.90 Å². The van der Waals surface area contributed by atoms with Crippen LogP contribution in [0.3, 0.4) is 0 Å². The third kappa shape index (κ3) is 4.01. The average Bonchev–Trinajstić information content (AvgIpc) is 2.92. The molecule has 1 aliphatic rings. The molecule has 20 heavy (non-hydrogen) atoms. The van der Waals surface area contributed by atoms with Crippen LogP contribution in [0.4, 0.5) is 0 Å². The lowest BCUT2D eigenvalue weighted by Crippen LogP contribution is -2.42. The summed E-state index contributed by atoms with van der Waals surface area (Å²) in [4.78, 5) is 14.5. The molecule has 1 saturated heterocycles. The van der Waals surface area contributed by atoms with Crippen LogP contribution < -0.4 is 5.32 Å². The lowest BCUT2D eigenvalue weighted by Gasteiger charge is -2.28. The van der Waals surface area contributed by atoms with Crippen LogP contribution in [0.15, 0.2) is 18.2 Å². The molecule has 1 fully saturated rings. The van der Waals surface area contributed by atoms with E-state index in [4.69, 9.17) is 23.2 Å². The Kier molecular flexibility index (Phi) is 7.10. The van der Waals surface area contributed by atoms with Crippen molar-refractivity contribution in [3.63, 3.8) is 0 Å². The van der Waals surface area contributed by atoms with Gasteiger partial charge in [0.05, 0.1) is 10.0 Å². The predicted molar refractivity (Wildman–Crippen MR) is 86.3 cm³/mol. The molecule has 0 aliphatic carbocycles. The van der Waals surface area contributed by atoms with E-state index < -0.39 is 0 Å². The Bertz CT molecular complexity index is 462. The van der Waals surface area contributed by atoms with Gasteiger partial charge in [-0.3, -0.25) is 4.79 Å². The Morgan fingerprint density at radius 1 is 1.40 bits per heavy atom. The van der Waals surface area contributed by atoms with Gasteiger partial charge in [-0.15, -0.1) is 12.4 Å². The van der Waals surface area contributed by atoms with Gasteiger partial charge in [-0.25, -0.2) is 0 Å². The van der Waals surface area contributed by atoms with Gasteiger partial charge >= 0.3 is 0 Å². The normalized spacial score (nSPS) is 17.6. The molecule has 0 bridgehead atoms. The zero-order chi connectivity index (χ0) is 13.8. The van der Waals surface area contributed by atoms with Gasteiger partial charge in [0.15, 0.2) is 0 Å². The number of benzene rings is 1. The second kappa shape index (κ2) is 8.08. The summed E-state index contributed by atoms with van der Waals surface area (Å²) in [5, 5.41) is 4.20. The molecular formula is C14H19Cl3N2O. The predicted octanol–water partition coefficient (Wildman–Crippen LogP) is 3.63. The summed E-state index contributed by atoms with van der Waals surface area (Å²) in [5.41, 5.74) is 0.606. The maximum Gasteiger partial charge on any atom is 0.254 e. The highest BCUT2D eigenvalue weighted by molar-refractivity contribution is 6.42. The Balaban J connectivity index is 0.00000200. The molecule has 6 heteroatoms. The SMILES string of the molecule is CCCN(C(=O)c1ccc(Cl)c(Cl)c1)C1CCNC1.Cl. The molecular weight excluding hydrogens is 319 g/mol. The van der Waals surface area contributed by atoms with Gasteiger partial charge in [0.1, 0.15) is 0 Å². The number of nitrogens with one attached hydrogen (secondary N) is 1. The number of amides is 1. The molecule has 1 unspecified atom stereocenters. The minimum atomic E-state index is 0. The quantitative estimate of drug-likeness (QED) is 0.910. The highest BCUT2D eigenvalue weighted by Crippen LogP contribution is 2.24. The van der Waals surface area contributed by atoms with Crippen LogP contribution >= 0.6 is 35.6 Å². The van der Waals surface area contributed by atoms with Gasteiger partial charge < -0.3 is 10.2 Å². The Morgan fingerprint density at radius 2 is 2.15 bits per heavy atom. The molecule has 1 aromatic rings. The van der Waals surface area contributed by atoms with Gasteiger partial charge in [-0.2, -0.15) is 0 Å². The first-order valence-corrected chi connectivity index (χ1v) is 7.35. The van der Waals surface area contributed by atoms with Gasteiger partial charge in [-0.05, 0) is 37.6 Å². The highest BCUT2D eigenvalue weighted by atomic mass is 35.5. The van der Waals surface area contributed by atoms with Crippen LogP contribution in [0.25, 0.3) is 0 Å². The fourth-order valence-electron chi connectivity index (χ4n) is 2.39. The first kappa shape index (κ1) is 17.6. The van der Waals surface area contributed by atoms with E-state index in [1.54, 1.807) is 18.2 Å². The monoisotopic (exact) mass is 336 g/mol. The summed E-state index contributed by atoms with van der Waals surface area (Å²) >= 11 is 11.9. The number of hydrogen-bond donors (Lipinski definition) is 1. The number of halogens is 3. The summed E-state index contributed by atoms with van der Waals surface area (Å²) in [5.74, 6) is 0.0362. The van der Waals surface area contributed by atoms with Crippen molar-refractivity contribution in [3.05, 3.63) is 33.8 Å². The van der Waals surface area contributed by atoms with Crippen molar-refractivity contribution in [2.75, 3.05) is 19.6 Å².